The fourth-order valence-corrected chi connectivity index (χ4v) is 4.77. The Balaban J connectivity index is 1.64. The third-order valence-electron chi connectivity index (χ3n) is 6.34. The SMILES string of the molecule is CC(C)Cc1coc2c(-c3ccnc(-c4cc(C(C)(C)C)c5ccccc5c4)c3)cccc12. The van der Waals surface area contributed by atoms with Gasteiger partial charge in [0.1, 0.15) is 5.58 Å². The van der Waals surface area contributed by atoms with Crippen molar-refractivity contribution in [3.8, 4) is 22.4 Å². The minimum atomic E-state index is 0.0415. The van der Waals surface area contributed by atoms with Gasteiger partial charge in [-0.2, -0.15) is 0 Å². The Morgan fingerprint density at radius 1 is 0.848 bits per heavy atom. The Morgan fingerprint density at radius 3 is 2.42 bits per heavy atom. The molecule has 0 aliphatic rings. The quantitative estimate of drug-likeness (QED) is 0.283. The lowest BCUT2D eigenvalue weighted by molar-refractivity contribution is 0.594. The van der Waals surface area contributed by atoms with Crippen LogP contribution in [-0.2, 0) is 11.8 Å². The predicted molar refractivity (Wildman–Crippen MR) is 140 cm³/mol. The molecule has 0 saturated heterocycles. The minimum absolute atomic E-state index is 0.0415. The van der Waals surface area contributed by atoms with E-state index in [0.29, 0.717) is 5.92 Å². The van der Waals surface area contributed by atoms with Crippen molar-refractivity contribution in [3.05, 3.63) is 90.3 Å². The topological polar surface area (TPSA) is 26.0 Å². The number of hydrogen-bond donors (Lipinski definition) is 0. The summed E-state index contributed by atoms with van der Waals surface area (Å²) in [7, 11) is 0. The van der Waals surface area contributed by atoms with E-state index < -0.39 is 0 Å². The maximum absolute atomic E-state index is 6.08. The van der Waals surface area contributed by atoms with Gasteiger partial charge in [-0.15, -0.1) is 0 Å². The third-order valence-corrected chi connectivity index (χ3v) is 6.34. The molecule has 0 aliphatic carbocycles. The van der Waals surface area contributed by atoms with Crippen LogP contribution in [0.1, 0.15) is 45.7 Å². The fraction of sp³-hybridized carbons (Fsp3) is 0.258. The molecule has 0 fully saturated rings. The summed E-state index contributed by atoms with van der Waals surface area (Å²) in [5, 5.41) is 3.77. The number of furan rings is 1. The fourth-order valence-electron chi connectivity index (χ4n) is 4.77. The molecule has 0 amide bonds. The van der Waals surface area contributed by atoms with Gasteiger partial charge in [-0.05, 0) is 69.5 Å². The summed E-state index contributed by atoms with van der Waals surface area (Å²) in [4.78, 5) is 4.76. The van der Waals surface area contributed by atoms with Crippen molar-refractivity contribution in [3.63, 3.8) is 0 Å². The summed E-state index contributed by atoms with van der Waals surface area (Å²) < 4.78 is 6.08. The van der Waals surface area contributed by atoms with Gasteiger partial charge < -0.3 is 4.42 Å². The van der Waals surface area contributed by atoms with Gasteiger partial charge in [-0.25, -0.2) is 0 Å². The van der Waals surface area contributed by atoms with Crippen LogP contribution in [0.5, 0.6) is 0 Å². The average Bonchev–Trinajstić information content (AvgIpc) is 3.20. The van der Waals surface area contributed by atoms with Gasteiger partial charge in [0.25, 0.3) is 0 Å². The van der Waals surface area contributed by atoms with Gasteiger partial charge in [0.2, 0.25) is 0 Å². The summed E-state index contributed by atoms with van der Waals surface area (Å²) in [6, 6.07) is 23.9. The molecule has 0 unspecified atom stereocenters. The summed E-state index contributed by atoms with van der Waals surface area (Å²) in [6.45, 7) is 11.3. The van der Waals surface area contributed by atoms with Gasteiger partial charge in [0.05, 0.1) is 12.0 Å². The highest BCUT2D eigenvalue weighted by molar-refractivity contribution is 5.95. The van der Waals surface area contributed by atoms with E-state index in [-0.39, 0.29) is 5.41 Å². The standard InChI is InChI=1S/C31H31NO/c1-20(2)15-24-19-33-30-26(11-8-12-27(24)30)22-13-14-32-29(18-22)23-16-21-9-6-7-10-25(21)28(17-23)31(3,4)5/h6-14,16-20H,15H2,1-5H3. The van der Waals surface area contributed by atoms with Crippen LogP contribution in [0, 0.1) is 5.92 Å². The van der Waals surface area contributed by atoms with Crippen LogP contribution >= 0.6 is 0 Å². The summed E-state index contributed by atoms with van der Waals surface area (Å²) >= 11 is 0. The van der Waals surface area contributed by atoms with Crippen molar-refractivity contribution in [2.75, 3.05) is 0 Å². The third kappa shape index (κ3) is 4.06. The van der Waals surface area contributed by atoms with Gasteiger partial charge in [0.15, 0.2) is 0 Å². The highest BCUT2D eigenvalue weighted by Gasteiger charge is 2.19. The van der Waals surface area contributed by atoms with Crippen LogP contribution in [0.15, 0.2) is 83.6 Å². The molecule has 0 saturated carbocycles. The maximum Gasteiger partial charge on any atom is 0.141 e. The first-order chi connectivity index (χ1) is 15.8. The lowest BCUT2D eigenvalue weighted by atomic mass is 9.82. The molecular formula is C31H31NO. The largest absolute Gasteiger partial charge is 0.463 e. The average molecular weight is 434 g/mol. The first-order valence-electron chi connectivity index (χ1n) is 11.8. The second-order valence-electron chi connectivity index (χ2n) is 10.5. The van der Waals surface area contributed by atoms with Crippen LogP contribution in [-0.4, -0.2) is 4.98 Å². The van der Waals surface area contributed by atoms with Crippen LogP contribution in [0.2, 0.25) is 0 Å². The van der Waals surface area contributed by atoms with E-state index in [9.17, 15) is 0 Å². The van der Waals surface area contributed by atoms with Crippen LogP contribution < -0.4 is 0 Å². The first-order valence-corrected chi connectivity index (χ1v) is 11.8. The smallest absolute Gasteiger partial charge is 0.141 e. The number of hydrogen-bond acceptors (Lipinski definition) is 2. The molecule has 2 heterocycles. The van der Waals surface area contributed by atoms with E-state index in [2.05, 4.69) is 101 Å². The lowest BCUT2D eigenvalue weighted by Crippen LogP contribution is -2.12. The Hall–Kier alpha value is -3.39. The number of fused-ring (bicyclic) bond motifs is 2. The van der Waals surface area contributed by atoms with E-state index in [4.69, 9.17) is 9.40 Å². The molecule has 2 nitrogen and oxygen atoms in total. The molecule has 0 atom stereocenters. The van der Waals surface area contributed by atoms with Gasteiger partial charge in [0, 0.05) is 22.7 Å². The van der Waals surface area contributed by atoms with E-state index in [1.165, 1.54) is 27.3 Å². The molecule has 5 aromatic rings. The van der Waals surface area contributed by atoms with E-state index >= 15 is 0 Å². The predicted octanol–water partition coefficient (Wildman–Crippen LogP) is 8.81. The molecule has 3 aromatic carbocycles. The van der Waals surface area contributed by atoms with Gasteiger partial charge >= 0.3 is 0 Å². The van der Waals surface area contributed by atoms with Crippen molar-refractivity contribution in [2.24, 2.45) is 5.92 Å². The summed E-state index contributed by atoms with van der Waals surface area (Å²) in [6.07, 6.45) is 4.85. The molecule has 33 heavy (non-hydrogen) atoms. The zero-order chi connectivity index (χ0) is 23.2. The Bertz CT molecular complexity index is 1450. The number of pyridine rings is 1. The molecule has 0 bridgehead atoms. The van der Waals surface area contributed by atoms with Crippen molar-refractivity contribution < 1.29 is 4.42 Å². The van der Waals surface area contributed by atoms with E-state index in [1.807, 2.05) is 12.5 Å². The number of para-hydroxylation sites is 1. The van der Waals surface area contributed by atoms with Crippen LogP contribution in [0.4, 0.5) is 0 Å². The van der Waals surface area contributed by atoms with E-state index in [0.717, 1.165) is 34.4 Å². The molecule has 2 aromatic heterocycles. The molecule has 166 valence electrons. The first kappa shape index (κ1) is 21.5. The molecule has 0 aliphatic heterocycles. The van der Waals surface area contributed by atoms with Gasteiger partial charge in [-0.1, -0.05) is 77.1 Å². The Morgan fingerprint density at radius 2 is 1.64 bits per heavy atom. The minimum Gasteiger partial charge on any atom is -0.463 e. The van der Waals surface area contributed by atoms with Crippen molar-refractivity contribution in [1.29, 1.82) is 0 Å². The molecule has 2 heteroatoms. The Kier molecular flexibility index (Phi) is 5.32. The zero-order valence-electron chi connectivity index (χ0n) is 20.1. The summed E-state index contributed by atoms with van der Waals surface area (Å²) in [5.74, 6) is 0.590. The van der Waals surface area contributed by atoms with Crippen LogP contribution in [0.3, 0.4) is 0 Å². The van der Waals surface area contributed by atoms with Crippen molar-refractivity contribution in [2.45, 2.75) is 46.5 Å². The monoisotopic (exact) mass is 433 g/mol. The normalized spacial score (nSPS) is 12.2. The zero-order valence-corrected chi connectivity index (χ0v) is 20.1. The Labute approximate surface area is 196 Å². The van der Waals surface area contributed by atoms with Gasteiger partial charge in [-0.3, -0.25) is 4.98 Å². The molecule has 0 radical (unpaired) electrons. The van der Waals surface area contributed by atoms with Crippen LogP contribution in [0.25, 0.3) is 44.1 Å². The second-order valence-corrected chi connectivity index (χ2v) is 10.5. The molecule has 0 N–H and O–H groups in total. The molecular weight excluding hydrogens is 402 g/mol. The summed E-state index contributed by atoms with van der Waals surface area (Å²) in [5.41, 5.74) is 7.99. The highest BCUT2D eigenvalue weighted by Crippen LogP contribution is 2.37. The van der Waals surface area contributed by atoms with Crippen molar-refractivity contribution in [1.82, 2.24) is 4.98 Å². The number of nitrogens with zero attached hydrogens (tertiary/aromatic N) is 1. The second kappa shape index (κ2) is 8.19. The molecule has 0 spiro atoms. The maximum atomic E-state index is 6.08. The number of rotatable bonds is 4. The highest BCUT2D eigenvalue weighted by atomic mass is 16.3. The number of benzene rings is 3. The van der Waals surface area contributed by atoms with Crippen molar-refractivity contribution >= 4 is 21.7 Å². The number of aromatic nitrogens is 1. The molecule has 5 rings (SSSR count). The van der Waals surface area contributed by atoms with E-state index in [1.54, 1.807) is 0 Å². The lowest BCUT2D eigenvalue weighted by Gasteiger charge is -2.22.